The number of alkyl halides is 3. The van der Waals surface area contributed by atoms with Crippen LogP contribution in [0, 0.1) is 12.7 Å². The molecule has 4 aromatic heterocycles. The number of aromatic nitrogens is 8. The molecule has 17 heteroatoms. The van der Waals surface area contributed by atoms with E-state index in [0.717, 1.165) is 10.8 Å². The molecule has 4 heterocycles. The number of aryl methyl sites for hydroxylation is 1. The van der Waals surface area contributed by atoms with E-state index in [4.69, 9.17) is 21.1 Å². The van der Waals surface area contributed by atoms with Gasteiger partial charge >= 0.3 is 11.9 Å². The summed E-state index contributed by atoms with van der Waals surface area (Å²) in [6.07, 6.45) is -6.32. The van der Waals surface area contributed by atoms with Crippen LogP contribution < -0.4 is 15.2 Å². The summed E-state index contributed by atoms with van der Waals surface area (Å²) in [6.45, 7) is 3.23. The van der Waals surface area contributed by atoms with Gasteiger partial charge in [-0.25, -0.2) is 9.18 Å². The summed E-state index contributed by atoms with van der Waals surface area (Å²) in [5, 5.41) is 26.1. The minimum atomic E-state index is -4.82. The Morgan fingerprint density at radius 2 is 2.03 bits per heavy atom. The number of ether oxygens (including phenoxy) is 2. The molecule has 4 rings (SSSR count). The summed E-state index contributed by atoms with van der Waals surface area (Å²) < 4.78 is 67.9. The van der Waals surface area contributed by atoms with Gasteiger partial charge in [-0.1, -0.05) is 11.6 Å². The molecule has 0 aromatic carbocycles. The van der Waals surface area contributed by atoms with Crippen molar-refractivity contribution in [1.82, 2.24) is 39.7 Å². The normalized spacial score (nSPS) is 12.8. The molecule has 0 unspecified atom stereocenters. The maximum absolute atomic E-state index is 15.7. The van der Waals surface area contributed by atoms with Crippen molar-refractivity contribution in [3.8, 4) is 23.3 Å². The van der Waals surface area contributed by atoms with E-state index in [1.165, 1.54) is 6.92 Å². The van der Waals surface area contributed by atoms with Gasteiger partial charge in [0, 0.05) is 6.54 Å². The Labute approximate surface area is 203 Å². The highest BCUT2D eigenvalue weighted by atomic mass is 35.5. The summed E-state index contributed by atoms with van der Waals surface area (Å²) in [6, 6.07) is 0. The van der Waals surface area contributed by atoms with Gasteiger partial charge in [-0.15, -0.1) is 10.2 Å². The van der Waals surface area contributed by atoms with Crippen molar-refractivity contribution < 1.29 is 32.1 Å². The average molecular weight is 533 g/mol. The zero-order chi connectivity index (χ0) is 26.4. The number of nitrogens with zero attached hydrogens (tertiary/aromatic N) is 7. The van der Waals surface area contributed by atoms with Crippen molar-refractivity contribution >= 4 is 22.4 Å². The van der Waals surface area contributed by atoms with Crippen LogP contribution in [-0.4, -0.2) is 57.1 Å². The second-order valence-corrected chi connectivity index (χ2v) is 7.74. The van der Waals surface area contributed by atoms with E-state index in [9.17, 15) is 23.1 Å². The van der Waals surface area contributed by atoms with Crippen molar-refractivity contribution in [3.05, 3.63) is 39.2 Å². The van der Waals surface area contributed by atoms with Gasteiger partial charge in [0.05, 0.1) is 11.6 Å². The molecule has 0 bridgehead atoms. The maximum Gasteiger partial charge on any atom is 0.425 e. The quantitative estimate of drug-likeness (QED) is 0.343. The lowest BCUT2D eigenvalue weighted by atomic mass is 10.2. The third-order valence-electron chi connectivity index (χ3n) is 5.07. The maximum atomic E-state index is 15.7. The van der Waals surface area contributed by atoms with Crippen LogP contribution in [0.1, 0.15) is 25.4 Å². The average Bonchev–Trinajstić information content (AvgIpc) is 3.33. The smallest absolute Gasteiger partial charge is 0.425 e. The fraction of sp³-hybridized carbons (Fsp3) is 0.368. The van der Waals surface area contributed by atoms with Crippen LogP contribution in [0.4, 0.5) is 17.6 Å². The van der Waals surface area contributed by atoms with E-state index in [1.807, 2.05) is 0 Å². The van der Waals surface area contributed by atoms with Crippen LogP contribution in [0.2, 0.25) is 5.15 Å². The highest BCUT2D eigenvalue weighted by Gasteiger charge is 2.39. The molecule has 0 fully saturated rings. The second-order valence-electron chi connectivity index (χ2n) is 7.36. The molecule has 0 radical (unpaired) electrons. The highest BCUT2D eigenvalue weighted by molar-refractivity contribution is 6.31. The van der Waals surface area contributed by atoms with E-state index in [2.05, 4.69) is 30.5 Å². The van der Waals surface area contributed by atoms with Crippen LogP contribution in [0.3, 0.4) is 0 Å². The molecule has 192 valence electrons. The number of aliphatic hydroxyl groups excluding tert-OH is 1. The standard InChI is InChI=1S/C19H17ClF4N8O4/c1-4-31-10(6-33)30-32(18(31)34)15-12(21)9-5-25-29-17(36-13-7(2)27-28-14(13)20)11(9)16(26-15)35-8(3)19(22,23)24/h5,8,33H,4,6H2,1-3H3,(H,27,28)/t8-/m0/s1. The summed E-state index contributed by atoms with van der Waals surface area (Å²) in [7, 11) is 0. The third kappa shape index (κ3) is 4.32. The Hall–Kier alpha value is -3.79. The molecule has 2 N–H and O–H groups in total. The van der Waals surface area contributed by atoms with Gasteiger partial charge in [0.2, 0.25) is 5.88 Å². The molecule has 0 spiro atoms. The SMILES string of the molecule is CCn1c(CO)nn(-c2nc(O[C@@H](C)C(F)(F)F)c3c(Oc4c(C)n[nH]c4Cl)nncc3c2F)c1=O. The van der Waals surface area contributed by atoms with Crippen molar-refractivity contribution in [2.75, 3.05) is 0 Å². The van der Waals surface area contributed by atoms with Gasteiger partial charge in [0.25, 0.3) is 5.88 Å². The van der Waals surface area contributed by atoms with Crippen LogP contribution >= 0.6 is 11.6 Å². The Morgan fingerprint density at radius 3 is 2.58 bits per heavy atom. The van der Waals surface area contributed by atoms with Crippen molar-refractivity contribution in [2.24, 2.45) is 0 Å². The first-order valence-corrected chi connectivity index (χ1v) is 10.6. The van der Waals surface area contributed by atoms with Crippen molar-refractivity contribution in [1.29, 1.82) is 0 Å². The molecular weight excluding hydrogens is 516 g/mol. The molecule has 0 saturated heterocycles. The predicted molar refractivity (Wildman–Crippen MR) is 115 cm³/mol. The van der Waals surface area contributed by atoms with Gasteiger partial charge < -0.3 is 14.6 Å². The molecule has 0 aliphatic rings. The number of aromatic amines is 1. The number of pyridine rings is 1. The first-order chi connectivity index (χ1) is 17.0. The fourth-order valence-electron chi connectivity index (χ4n) is 3.21. The van der Waals surface area contributed by atoms with E-state index in [0.29, 0.717) is 11.6 Å². The number of rotatable bonds is 7. The Kier molecular flexibility index (Phi) is 6.57. The zero-order valence-corrected chi connectivity index (χ0v) is 19.5. The third-order valence-corrected chi connectivity index (χ3v) is 5.32. The number of nitrogens with one attached hydrogen (secondary N) is 1. The van der Waals surface area contributed by atoms with Crippen LogP contribution in [-0.2, 0) is 13.2 Å². The lowest BCUT2D eigenvalue weighted by Gasteiger charge is -2.19. The van der Waals surface area contributed by atoms with Gasteiger partial charge in [0.15, 0.2) is 34.5 Å². The number of fused-ring (bicyclic) bond motifs is 1. The summed E-state index contributed by atoms with van der Waals surface area (Å²) in [5.74, 6) is -3.37. The molecule has 0 aliphatic heterocycles. The Bertz CT molecular complexity index is 1480. The van der Waals surface area contributed by atoms with Crippen molar-refractivity contribution in [3.63, 3.8) is 0 Å². The van der Waals surface area contributed by atoms with Gasteiger partial charge in [-0.2, -0.15) is 33.0 Å². The van der Waals surface area contributed by atoms with Crippen molar-refractivity contribution in [2.45, 2.75) is 46.2 Å². The van der Waals surface area contributed by atoms with Crippen LogP contribution in [0.15, 0.2) is 11.0 Å². The molecule has 0 amide bonds. The molecule has 0 saturated carbocycles. The predicted octanol–water partition coefficient (Wildman–Crippen LogP) is 2.83. The van der Waals surface area contributed by atoms with Crippen LogP contribution in [0.5, 0.6) is 17.5 Å². The van der Waals surface area contributed by atoms with E-state index < -0.39 is 58.7 Å². The largest absolute Gasteiger partial charge is 0.464 e. The Balaban J connectivity index is 2.00. The minimum Gasteiger partial charge on any atom is -0.464 e. The first kappa shape index (κ1) is 25.3. The first-order valence-electron chi connectivity index (χ1n) is 10.2. The topological polar surface area (TPSA) is 146 Å². The van der Waals surface area contributed by atoms with E-state index in [-0.39, 0.29) is 29.0 Å². The fourth-order valence-corrected chi connectivity index (χ4v) is 3.43. The van der Waals surface area contributed by atoms with Gasteiger partial charge in [-0.05, 0) is 20.8 Å². The molecule has 0 aliphatic carbocycles. The number of hydrogen-bond acceptors (Lipinski definition) is 9. The second kappa shape index (κ2) is 9.34. The monoisotopic (exact) mass is 532 g/mol. The summed E-state index contributed by atoms with van der Waals surface area (Å²) in [4.78, 5) is 16.6. The zero-order valence-electron chi connectivity index (χ0n) is 18.8. The summed E-state index contributed by atoms with van der Waals surface area (Å²) in [5.41, 5.74) is -0.621. The van der Waals surface area contributed by atoms with E-state index >= 15 is 4.39 Å². The lowest BCUT2D eigenvalue weighted by Crippen LogP contribution is -2.32. The number of aliphatic hydroxyl groups is 1. The number of halogens is 5. The molecule has 12 nitrogen and oxygen atoms in total. The van der Waals surface area contributed by atoms with Gasteiger partial charge in [0.1, 0.15) is 17.7 Å². The highest BCUT2D eigenvalue weighted by Crippen LogP contribution is 2.39. The summed E-state index contributed by atoms with van der Waals surface area (Å²) >= 11 is 6.00. The molecular formula is C19H17ClF4N8O4. The van der Waals surface area contributed by atoms with Gasteiger partial charge in [-0.3, -0.25) is 9.67 Å². The number of hydrogen-bond donors (Lipinski definition) is 2. The van der Waals surface area contributed by atoms with Crippen LogP contribution in [0.25, 0.3) is 16.6 Å². The molecule has 4 aromatic rings. The molecule has 36 heavy (non-hydrogen) atoms. The Morgan fingerprint density at radius 1 is 1.31 bits per heavy atom. The number of H-pyrrole nitrogens is 1. The molecule has 1 atom stereocenters. The van der Waals surface area contributed by atoms with E-state index in [1.54, 1.807) is 6.92 Å². The lowest BCUT2D eigenvalue weighted by molar-refractivity contribution is -0.189. The minimum absolute atomic E-state index is 0.0386.